The highest BCUT2D eigenvalue weighted by Gasteiger charge is 2.18. The molecule has 0 bridgehead atoms. The predicted molar refractivity (Wildman–Crippen MR) is 106 cm³/mol. The zero-order chi connectivity index (χ0) is 18.4. The number of carbonyl (C=O) groups is 1. The smallest absolute Gasteiger partial charge is 0.270 e. The van der Waals surface area contributed by atoms with Crippen molar-refractivity contribution in [3.05, 3.63) is 71.4 Å². The fourth-order valence-corrected chi connectivity index (χ4v) is 2.98. The fraction of sp³-hybridized carbons (Fsp3) is 0.238. The van der Waals surface area contributed by atoms with Crippen LogP contribution >= 0.6 is 11.6 Å². The molecule has 26 heavy (non-hydrogen) atoms. The highest BCUT2D eigenvalue weighted by atomic mass is 35.5. The Morgan fingerprint density at radius 1 is 1.08 bits per heavy atom. The molecule has 1 amide bonds. The third-order valence-electron chi connectivity index (χ3n) is 4.16. The van der Waals surface area contributed by atoms with Gasteiger partial charge in [-0.05, 0) is 24.6 Å². The first-order valence-corrected chi connectivity index (χ1v) is 9.27. The Bertz CT molecular complexity index is 874. The maximum atomic E-state index is 12.7. The van der Waals surface area contributed by atoms with Crippen molar-refractivity contribution in [1.29, 1.82) is 0 Å². The van der Waals surface area contributed by atoms with E-state index in [1.807, 2.05) is 54.6 Å². The van der Waals surface area contributed by atoms with Crippen molar-refractivity contribution in [2.45, 2.75) is 26.2 Å². The second-order valence-corrected chi connectivity index (χ2v) is 6.51. The van der Waals surface area contributed by atoms with E-state index in [0.717, 1.165) is 30.5 Å². The number of carbonyl (C=O) groups excluding carboxylic acids is 1. The minimum Gasteiger partial charge on any atom is -0.351 e. The fourth-order valence-electron chi connectivity index (χ4n) is 2.77. The maximum absolute atomic E-state index is 12.7. The zero-order valence-corrected chi connectivity index (χ0v) is 15.5. The SMILES string of the molecule is CCCCCNC(=O)c1cc(-c2ccccc2)nn1-c1ccccc1Cl. The predicted octanol–water partition coefficient (Wildman–Crippen LogP) is 5.11. The van der Waals surface area contributed by atoms with Gasteiger partial charge in [-0.15, -0.1) is 0 Å². The Morgan fingerprint density at radius 2 is 1.81 bits per heavy atom. The summed E-state index contributed by atoms with van der Waals surface area (Å²) in [4.78, 5) is 12.7. The Hall–Kier alpha value is -2.59. The van der Waals surface area contributed by atoms with Crippen molar-refractivity contribution < 1.29 is 4.79 Å². The van der Waals surface area contributed by atoms with E-state index in [4.69, 9.17) is 11.6 Å². The molecule has 3 rings (SSSR count). The van der Waals surface area contributed by atoms with E-state index in [-0.39, 0.29) is 5.91 Å². The van der Waals surface area contributed by atoms with E-state index < -0.39 is 0 Å². The summed E-state index contributed by atoms with van der Waals surface area (Å²) in [6.45, 7) is 2.79. The molecule has 1 aromatic heterocycles. The molecule has 0 aliphatic heterocycles. The summed E-state index contributed by atoms with van der Waals surface area (Å²) in [6.07, 6.45) is 3.18. The zero-order valence-electron chi connectivity index (χ0n) is 14.8. The van der Waals surface area contributed by atoms with Gasteiger partial charge >= 0.3 is 0 Å². The van der Waals surface area contributed by atoms with Crippen LogP contribution in [-0.2, 0) is 0 Å². The van der Waals surface area contributed by atoms with Gasteiger partial charge in [-0.3, -0.25) is 4.79 Å². The van der Waals surface area contributed by atoms with Gasteiger partial charge in [0.25, 0.3) is 5.91 Å². The van der Waals surface area contributed by atoms with Gasteiger partial charge in [0.2, 0.25) is 0 Å². The van der Waals surface area contributed by atoms with E-state index in [2.05, 4.69) is 17.3 Å². The lowest BCUT2D eigenvalue weighted by Crippen LogP contribution is -2.26. The summed E-state index contributed by atoms with van der Waals surface area (Å²) in [5, 5.41) is 8.18. The highest BCUT2D eigenvalue weighted by molar-refractivity contribution is 6.32. The standard InChI is InChI=1S/C21H22ClN3O/c1-2-3-9-14-23-21(26)20-15-18(16-10-5-4-6-11-16)24-25(20)19-13-8-7-12-17(19)22/h4-8,10-13,15H,2-3,9,14H2,1H3,(H,23,26). The van der Waals surface area contributed by atoms with E-state index in [1.165, 1.54) is 0 Å². The van der Waals surface area contributed by atoms with Crippen LogP contribution in [0.4, 0.5) is 0 Å². The summed E-state index contributed by atoms with van der Waals surface area (Å²) in [6, 6.07) is 19.0. The van der Waals surface area contributed by atoms with Crippen LogP contribution in [0.5, 0.6) is 0 Å². The van der Waals surface area contributed by atoms with Crippen LogP contribution in [-0.4, -0.2) is 22.2 Å². The van der Waals surface area contributed by atoms with Crippen molar-refractivity contribution in [3.63, 3.8) is 0 Å². The molecule has 0 atom stereocenters. The van der Waals surface area contributed by atoms with Crippen LogP contribution in [0.2, 0.25) is 5.02 Å². The lowest BCUT2D eigenvalue weighted by molar-refractivity contribution is 0.0945. The van der Waals surface area contributed by atoms with E-state index in [9.17, 15) is 4.79 Å². The summed E-state index contributed by atoms with van der Waals surface area (Å²) in [5.41, 5.74) is 2.87. The summed E-state index contributed by atoms with van der Waals surface area (Å²) >= 11 is 6.34. The first-order valence-electron chi connectivity index (χ1n) is 8.89. The van der Waals surface area contributed by atoms with Gasteiger partial charge in [-0.1, -0.05) is 73.8 Å². The van der Waals surface area contributed by atoms with Crippen LogP contribution in [0.15, 0.2) is 60.7 Å². The molecule has 4 nitrogen and oxygen atoms in total. The number of unbranched alkanes of at least 4 members (excludes halogenated alkanes) is 2. The molecule has 0 spiro atoms. The molecule has 1 heterocycles. The van der Waals surface area contributed by atoms with E-state index in [1.54, 1.807) is 10.7 Å². The second-order valence-electron chi connectivity index (χ2n) is 6.11. The molecule has 5 heteroatoms. The molecule has 1 N–H and O–H groups in total. The van der Waals surface area contributed by atoms with Crippen LogP contribution < -0.4 is 5.32 Å². The van der Waals surface area contributed by atoms with Crippen molar-refractivity contribution in [3.8, 4) is 16.9 Å². The number of nitrogens with one attached hydrogen (secondary N) is 1. The van der Waals surface area contributed by atoms with Crippen molar-refractivity contribution in [1.82, 2.24) is 15.1 Å². The lowest BCUT2D eigenvalue weighted by Gasteiger charge is -2.09. The molecular weight excluding hydrogens is 346 g/mol. The van der Waals surface area contributed by atoms with E-state index >= 15 is 0 Å². The van der Waals surface area contributed by atoms with Crippen molar-refractivity contribution >= 4 is 17.5 Å². The lowest BCUT2D eigenvalue weighted by atomic mass is 10.1. The minimum absolute atomic E-state index is 0.143. The van der Waals surface area contributed by atoms with Gasteiger partial charge in [0.1, 0.15) is 5.69 Å². The third kappa shape index (κ3) is 4.14. The van der Waals surface area contributed by atoms with Gasteiger partial charge in [0.15, 0.2) is 0 Å². The van der Waals surface area contributed by atoms with Crippen LogP contribution in [0.3, 0.4) is 0 Å². The Labute approximate surface area is 158 Å². The van der Waals surface area contributed by atoms with Gasteiger partial charge in [-0.2, -0.15) is 5.10 Å². The average Bonchev–Trinajstić information content (AvgIpc) is 3.11. The summed E-state index contributed by atoms with van der Waals surface area (Å²) < 4.78 is 1.62. The normalized spacial score (nSPS) is 10.7. The van der Waals surface area contributed by atoms with Crippen LogP contribution in [0.1, 0.15) is 36.7 Å². The van der Waals surface area contributed by atoms with Gasteiger partial charge in [-0.25, -0.2) is 4.68 Å². The number of nitrogens with zero attached hydrogens (tertiary/aromatic N) is 2. The Kier molecular flexibility index (Phi) is 6.08. The topological polar surface area (TPSA) is 46.9 Å². The summed E-state index contributed by atoms with van der Waals surface area (Å²) in [7, 11) is 0. The molecule has 134 valence electrons. The highest BCUT2D eigenvalue weighted by Crippen LogP contribution is 2.25. The molecule has 0 aliphatic rings. The number of rotatable bonds is 7. The number of halogens is 1. The molecule has 2 aromatic carbocycles. The first-order chi connectivity index (χ1) is 12.7. The number of hydrogen-bond donors (Lipinski definition) is 1. The minimum atomic E-state index is -0.143. The quantitative estimate of drug-likeness (QED) is 0.589. The van der Waals surface area contributed by atoms with Gasteiger partial charge in [0, 0.05) is 12.1 Å². The van der Waals surface area contributed by atoms with Gasteiger partial charge < -0.3 is 5.32 Å². The maximum Gasteiger partial charge on any atom is 0.270 e. The number of hydrogen-bond acceptors (Lipinski definition) is 2. The molecule has 0 radical (unpaired) electrons. The molecular formula is C21H22ClN3O. The third-order valence-corrected chi connectivity index (χ3v) is 4.48. The number of amides is 1. The van der Waals surface area contributed by atoms with Gasteiger partial charge in [0.05, 0.1) is 16.4 Å². The monoisotopic (exact) mass is 367 g/mol. The van der Waals surface area contributed by atoms with Crippen LogP contribution in [0, 0.1) is 0 Å². The van der Waals surface area contributed by atoms with Crippen molar-refractivity contribution in [2.24, 2.45) is 0 Å². The molecule has 0 saturated carbocycles. The number of aromatic nitrogens is 2. The molecule has 3 aromatic rings. The summed E-state index contributed by atoms with van der Waals surface area (Å²) in [5.74, 6) is -0.143. The Balaban J connectivity index is 1.97. The molecule has 0 saturated heterocycles. The molecule has 0 unspecified atom stereocenters. The molecule has 0 aliphatic carbocycles. The Morgan fingerprint density at radius 3 is 2.54 bits per heavy atom. The average molecular weight is 368 g/mol. The van der Waals surface area contributed by atoms with Crippen molar-refractivity contribution in [2.75, 3.05) is 6.54 Å². The largest absolute Gasteiger partial charge is 0.351 e. The second kappa shape index (κ2) is 8.68. The first kappa shape index (κ1) is 18.2. The van der Waals surface area contributed by atoms with Crippen LogP contribution in [0.25, 0.3) is 16.9 Å². The molecule has 0 fully saturated rings. The number of para-hydroxylation sites is 1. The van der Waals surface area contributed by atoms with E-state index in [0.29, 0.717) is 22.9 Å². The number of benzene rings is 2.